The van der Waals surface area contributed by atoms with E-state index in [4.69, 9.17) is 10.00 Å². The van der Waals surface area contributed by atoms with Crippen molar-refractivity contribution in [1.29, 1.82) is 5.26 Å². The molecule has 1 aliphatic rings. The zero-order valence-electron chi connectivity index (χ0n) is 12.2. The molecule has 1 aromatic carbocycles. The zero-order valence-corrected chi connectivity index (χ0v) is 13.8. The lowest BCUT2D eigenvalue weighted by Crippen LogP contribution is -2.55. The molecule has 8 heteroatoms. The zero-order chi connectivity index (χ0) is 15.9. The first-order valence-corrected chi connectivity index (χ1v) is 8.94. The Morgan fingerprint density at radius 1 is 1.45 bits per heavy atom. The van der Waals surface area contributed by atoms with Crippen molar-refractivity contribution in [2.45, 2.75) is 13.0 Å². The van der Waals surface area contributed by atoms with Crippen molar-refractivity contribution in [1.82, 2.24) is 4.31 Å². The first-order chi connectivity index (χ1) is 10.4. The Bertz CT molecular complexity index is 861. The molecule has 1 aromatic heterocycles. The van der Waals surface area contributed by atoms with Crippen molar-refractivity contribution in [3.63, 3.8) is 0 Å². The van der Waals surface area contributed by atoms with Crippen LogP contribution in [-0.2, 0) is 14.9 Å². The molecule has 0 aliphatic carbocycles. The molecule has 0 unspecified atom stereocenters. The minimum Gasteiger partial charge on any atom is -0.379 e. The van der Waals surface area contributed by atoms with Crippen molar-refractivity contribution >= 4 is 37.3 Å². The molecular weight excluding hydrogens is 322 g/mol. The van der Waals surface area contributed by atoms with E-state index in [1.54, 1.807) is 19.2 Å². The molecule has 22 heavy (non-hydrogen) atoms. The van der Waals surface area contributed by atoms with Gasteiger partial charge in [-0.15, -0.1) is 11.3 Å². The largest absolute Gasteiger partial charge is 0.379 e. The lowest BCUT2D eigenvalue weighted by molar-refractivity contribution is 0.0128. The quantitative estimate of drug-likeness (QED) is 0.926. The minimum absolute atomic E-state index is 0.0311. The number of fused-ring (bicyclic) bond motifs is 1. The third-order valence-electron chi connectivity index (χ3n) is 3.77. The second-order valence-corrected chi connectivity index (χ2v) is 7.88. The van der Waals surface area contributed by atoms with Crippen molar-refractivity contribution in [2.24, 2.45) is 0 Å². The summed E-state index contributed by atoms with van der Waals surface area (Å²) in [5.74, 6) is 0. The number of hydrogen-bond acceptors (Lipinski definition) is 5. The molecule has 1 aliphatic heterocycles. The van der Waals surface area contributed by atoms with Gasteiger partial charge in [-0.05, 0) is 36.1 Å². The van der Waals surface area contributed by atoms with Crippen LogP contribution in [0.1, 0.15) is 10.4 Å². The fourth-order valence-electron chi connectivity index (χ4n) is 2.35. The predicted molar refractivity (Wildman–Crippen MR) is 86.2 cm³/mol. The van der Waals surface area contributed by atoms with Gasteiger partial charge in [0.1, 0.15) is 10.9 Å². The van der Waals surface area contributed by atoms with E-state index in [0.29, 0.717) is 23.7 Å². The summed E-state index contributed by atoms with van der Waals surface area (Å²) in [7, 11) is -1.99. The Kier molecular flexibility index (Phi) is 3.82. The number of nitrogens with zero attached hydrogens (tertiary/aromatic N) is 2. The predicted octanol–water partition coefficient (Wildman–Crippen LogP) is 2.07. The van der Waals surface area contributed by atoms with Crippen molar-refractivity contribution in [3.8, 4) is 6.07 Å². The van der Waals surface area contributed by atoms with E-state index in [0.717, 1.165) is 15.6 Å². The number of methoxy groups -OCH3 is 1. The normalized spacial score (nSPS) is 16.4. The maximum atomic E-state index is 12.2. The summed E-state index contributed by atoms with van der Waals surface area (Å²) in [4.78, 5) is 0.653. The number of nitriles is 1. The summed E-state index contributed by atoms with van der Waals surface area (Å²) >= 11 is 1.41. The number of aryl methyl sites for hydroxylation is 1. The van der Waals surface area contributed by atoms with Crippen LogP contribution in [0.15, 0.2) is 18.2 Å². The van der Waals surface area contributed by atoms with Gasteiger partial charge in [0.25, 0.3) is 0 Å². The van der Waals surface area contributed by atoms with E-state index in [-0.39, 0.29) is 6.10 Å². The van der Waals surface area contributed by atoms with E-state index < -0.39 is 10.2 Å². The molecule has 2 aromatic rings. The summed E-state index contributed by atoms with van der Waals surface area (Å²) < 4.78 is 34.4. The molecule has 1 saturated heterocycles. The summed E-state index contributed by atoms with van der Waals surface area (Å²) in [5, 5.41) is 9.97. The Morgan fingerprint density at radius 2 is 2.18 bits per heavy atom. The van der Waals surface area contributed by atoms with Crippen molar-refractivity contribution in [3.05, 3.63) is 28.6 Å². The number of anilines is 1. The fourth-order valence-corrected chi connectivity index (χ4v) is 4.62. The molecule has 2 heterocycles. The van der Waals surface area contributed by atoms with Crippen LogP contribution < -0.4 is 4.72 Å². The molecule has 0 saturated carbocycles. The molecule has 0 atom stereocenters. The molecule has 0 amide bonds. The smallest absolute Gasteiger partial charge is 0.301 e. The van der Waals surface area contributed by atoms with E-state index in [1.807, 2.05) is 13.0 Å². The molecule has 0 bridgehead atoms. The average molecular weight is 337 g/mol. The summed E-state index contributed by atoms with van der Waals surface area (Å²) in [6.45, 7) is 2.60. The highest BCUT2D eigenvalue weighted by molar-refractivity contribution is 7.90. The van der Waals surface area contributed by atoms with Crippen LogP contribution in [0, 0.1) is 18.3 Å². The van der Waals surface area contributed by atoms with Crippen LogP contribution >= 0.6 is 11.3 Å². The molecule has 3 rings (SSSR count). The second-order valence-electron chi connectivity index (χ2n) is 5.16. The van der Waals surface area contributed by atoms with Crippen molar-refractivity contribution in [2.75, 3.05) is 24.9 Å². The minimum atomic E-state index is -3.56. The van der Waals surface area contributed by atoms with Gasteiger partial charge in [0.15, 0.2) is 0 Å². The van der Waals surface area contributed by atoms with Crippen LogP contribution in [0.3, 0.4) is 0 Å². The van der Waals surface area contributed by atoms with Gasteiger partial charge in [-0.3, -0.25) is 4.72 Å². The number of nitrogens with one attached hydrogen (secondary N) is 1. The maximum absolute atomic E-state index is 12.2. The van der Waals surface area contributed by atoms with Gasteiger partial charge in [0.05, 0.1) is 11.8 Å². The Balaban J connectivity index is 1.85. The number of rotatable bonds is 4. The van der Waals surface area contributed by atoms with Gasteiger partial charge in [0, 0.05) is 24.9 Å². The highest BCUT2D eigenvalue weighted by atomic mass is 32.2. The van der Waals surface area contributed by atoms with Gasteiger partial charge in [-0.1, -0.05) is 0 Å². The molecule has 6 nitrogen and oxygen atoms in total. The van der Waals surface area contributed by atoms with Crippen LogP contribution in [0.4, 0.5) is 5.69 Å². The lowest BCUT2D eigenvalue weighted by Gasteiger charge is -2.36. The number of ether oxygens (including phenoxy) is 1. The number of benzene rings is 1. The number of hydrogen-bond donors (Lipinski definition) is 1. The lowest BCUT2D eigenvalue weighted by atomic mass is 10.1. The molecular formula is C14H15N3O3S2. The summed E-state index contributed by atoms with van der Waals surface area (Å²) in [5.41, 5.74) is 1.38. The molecule has 0 radical (unpaired) electrons. The van der Waals surface area contributed by atoms with E-state index in [1.165, 1.54) is 15.6 Å². The fraction of sp³-hybridized carbons (Fsp3) is 0.357. The van der Waals surface area contributed by atoms with E-state index in [9.17, 15) is 8.42 Å². The molecule has 1 N–H and O–H groups in total. The molecule has 0 spiro atoms. The SMILES string of the molecule is COC1CN(S(=O)(=O)Nc2ccc3sc(C#N)c(C)c3c2)C1. The molecule has 116 valence electrons. The Labute approximate surface area is 133 Å². The first-order valence-electron chi connectivity index (χ1n) is 6.68. The van der Waals surface area contributed by atoms with Crippen molar-refractivity contribution < 1.29 is 13.2 Å². The monoisotopic (exact) mass is 337 g/mol. The third-order valence-corrected chi connectivity index (χ3v) is 6.42. The Hall–Kier alpha value is -1.66. The van der Waals surface area contributed by atoms with Gasteiger partial charge >= 0.3 is 10.2 Å². The van der Waals surface area contributed by atoms with E-state index in [2.05, 4.69) is 10.8 Å². The van der Waals surface area contributed by atoms with Gasteiger partial charge < -0.3 is 4.74 Å². The third kappa shape index (κ3) is 2.57. The highest BCUT2D eigenvalue weighted by Crippen LogP contribution is 2.32. The molecule has 1 fully saturated rings. The van der Waals surface area contributed by atoms with Gasteiger partial charge in [0.2, 0.25) is 0 Å². The second kappa shape index (κ2) is 5.52. The van der Waals surface area contributed by atoms with Crippen LogP contribution in [0.2, 0.25) is 0 Å². The summed E-state index contributed by atoms with van der Waals surface area (Å²) in [6.07, 6.45) is -0.0311. The summed E-state index contributed by atoms with van der Waals surface area (Å²) in [6, 6.07) is 7.47. The van der Waals surface area contributed by atoms with Crippen LogP contribution in [-0.4, -0.2) is 39.0 Å². The van der Waals surface area contributed by atoms with E-state index >= 15 is 0 Å². The average Bonchev–Trinajstić information content (AvgIpc) is 2.73. The number of thiophene rings is 1. The highest BCUT2D eigenvalue weighted by Gasteiger charge is 2.35. The van der Waals surface area contributed by atoms with Gasteiger partial charge in [-0.25, -0.2) is 0 Å². The standard InChI is InChI=1S/C14H15N3O3S2/c1-9-12-5-10(3-4-13(12)21-14(9)6-15)16-22(18,19)17-7-11(8-17)20-2/h3-5,11,16H,7-8H2,1-2H3. The first kappa shape index (κ1) is 15.2. The van der Waals surface area contributed by atoms with Crippen LogP contribution in [0.25, 0.3) is 10.1 Å². The van der Waals surface area contributed by atoms with Crippen LogP contribution in [0.5, 0.6) is 0 Å². The van der Waals surface area contributed by atoms with Gasteiger partial charge in [-0.2, -0.15) is 18.0 Å². The maximum Gasteiger partial charge on any atom is 0.301 e. The Morgan fingerprint density at radius 3 is 2.82 bits per heavy atom. The topological polar surface area (TPSA) is 82.4 Å².